The van der Waals surface area contributed by atoms with Gasteiger partial charge in [0.05, 0.1) is 18.0 Å². The standard InChI is InChI=1S/C19H19N5O3S/c1-3-27-17-10-8-16(9-11-17)24-19(21-22-23-24)28-12-18(26)14-4-6-15(7-5-14)20-13(2)25/h4-11H,3,12H2,1-2H3,(H,20,25). The molecule has 144 valence electrons. The minimum atomic E-state index is -0.157. The second-order valence-corrected chi connectivity index (χ2v) is 6.71. The van der Waals surface area contributed by atoms with Crippen molar-refractivity contribution < 1.29 is 14.3 Å². The maximum atomic E-state index is 12.4. The Labute approximate surface area is 166 Å². The summed E-state index contributed by atoms with van der Waals surface area (Å²) < 4.78 is 7.01. The van der Waals surface area contributed by atoms with Crippen LogP contribution >= 0.6 is 11.8 Å². The molecule has 0 aliphatic heterocycles. The van der Waals surface area contributed by atoms with E-state index < -0.39 is 0 Å². The molecule has 1 heterocycles. The number of aromatic nitrogens is 4. The summed E-state index contributed by atoms with van der Waals surface area (Å²) in [5.41, 5.74) is 1.99. The fourth-order valence-corrected chi connectivity index (χ4v) is 3.22. The van der Waals surface area contributed by atoms with Gasteiger partial charge in [-0.1, -0.05) is 11.8 Å². The third-order valence-electron chi connectivity index (χ3n) is 3.69. The van der Waals surface area contributed by atoms with Crippen LogP contribution in [0.4, 0.5) is 5.69 Å². The van der Waals surface area contributed by atoms with E-state index in [1.165, 1.54) is 18.7 Å². The molecule has 0 fully saturated rings. The van der Waals surface area contributed by atoms with Crippen LogP contribution in [-0.4, -0.2) is 44.3 Å². The van der Waals surface area contributed by atoms with Crippen LogP contribution in [0.15, 0.2) is 53.7 Å². The Morgan fingerprint density at radius 3 is 2.46 bits per heavy atom. The Balaban J connectivity index is 1.64. The van der Waals surface area contributed by atoms with E-state index in [0.717, 1.165) is 11.4 Å². The molecular weight excluding hydrogens is 378 g/mol. The molecule has 0 radical (unpaired) electrons. The van der Waals surface area contributed by atoms with Gasteiger partial charge in [-0.3, -0.25) is 9.59 Å². The number of thioether (sulfide) groups is 1. The highest BCUT2D eigenvalue weighted by atomic mass is 32.2. The number of tetrazole rings is 1. The number of anilines is 1. The SMILES string of the molecule is CCOc1ccc(-n2nnnc2SCC(=O)c2ccc(NC(C)=O)cc2)cc1. The Morgan fingerprint density at radius 1 is 1.11 bits per heavy atom. The van der Waals surface area contributed by atoms with Crippen molar-refractivity contribution in [2.45, 2.75) is 19.0 Å². The Kier molecular flexibility index (Phi) is 6.38. The zero-order valence-corrected chi connectivity index (χ0v) is 16.3. The Hall–Kier alpha value is -3.20. The molecule has 2 aromatic carbocycles. The number of benzene rings is 2. The Bertz CT molecular complexity index is 954. The van der Waals surface area contributed by atoms with Crippen molar-refractivity contribution in [2.75, 3.05) is 17.7 Å². The highest BCUT2D eigenvalue weighted by Gasteiger charge is 2.13. The Morgan fingerprint density at radius 2 is 1.82 bits per heavy atom. The number of amides is 1. The number of ether oxygens (including phenoxy) is 1. The summed E-state index contributed by atoms with van der Waals surface area (Å²) in [6, 6.07) is 14.2. The average Bonchev–Trinajstić information content (AvgIpc) is 3.16. The van der Waals surface area contributed by atoms with E-state index in [1.807, 2.05) is 31.2 Å². The molecule has 0 aliphatic rings. The fourth-order valence-electron chi connectivity index (χ4n) is 2.44. The van der Waals surface area contributed by atoms with Crippen LogP contribution in [0.1, 0.15) is 24.2 Å². The van der Waals surface area contributed by atoms with Gasteiger partial charge in [-0.05, 0) is 65.9 Å². The zero-order valence-electron chi connectivity index (χ0n) is 15.5. The molecule has 1 N–H and O–H groups in total. The normalized spacial score (nSPS) is 10.5. The van der Waals surface area contributed by atoms with Crippen LogP contribution in [-0.2, 0) is 4.79 Å². The molecular formula is C19H19N5O3S. The third kappa shape index (κ3) is 4.95. The lowest BCUT2D eigenvalue weighted by Gasteiger charge is -2.07. The van der Waals surface area contributed by atoms with Crippen LogP contribution in [0.5, 0.6) is 5.75 Å². The summed E-state index contributed by atoms with van der Waals surface area (Å²) in [6.07, 6.45) is 0. The molecule has 1 aromatic heterocycles. The number of carbonyl (C=O) groups is 2. The van der Waals surface area contributed by atoms with Crippen molar-refractivity contribution in [2.24, 2.45) is 0 Å². The molecule has 0 saturated carbocycles. The van der Waals surface area contributed by atoms with Crippen LogP contribution in [0.3, 0.4) is 0 Å². The predicted octanol–water partition coefficient (Wildman–Crippen LogP) is 2.99. The number of Topliss-reactive ketones (excluding diaryl/α,β-unsaturated/α-hetero) is 1. The van der Waals surface area contributed by atoms with E-state index in [4.69, 9.17) is 4.74 Å². The van der Waals surface area contributed by atoms with Crippen LogP contribution in [0, 0.1) is 0 Å². The second-order valence-electron chi connectivity index (χ2n) is 5.77. The largest absolute Gasteiger partial charge is 0.494 e. The molecule has 9 heteroatoms. The molecule has 8 nitrogen and oxygen atoms in total. The first-order chi connectivity index (χ1) is 13.6. The molecule has 1 amide bonds. The van der Waals surface area contributed by atoms with Crippen molar-refractivity contribution in [3.63, 3.8) is 0 Å². The summed E-state index contributed by atoms with van der Waals surface area (Å²) >= 11 is 1.26. The van der Waals surface area contributed by atoms with Gasteiger partial charge in [0.1, 0.15) is 5.75 Å². The maximum Gasteiger partial charge on any atom is 0.221 e. The van der Waals surface area contributed by atoms with Gasteiger partial charge in [0.2, 0.25) is 11.1 Å². The van der Waals surface area contributed by atoms with Gasteiger partial charge in [0, 0.05) is 18.2 Å². The lowest BCUT2D eigenvalue weighted by atomic mass is 10.1. The van der Waals surface area contributed by atoms with Crippen molar-refractivity contribution in [3.8, 4) is 11.4 Å². The number of nitrogens with one attached hydrogen (secondary N) is 1. The lowest BCUT2D eigenvalue weighted by Crippen LogP contribution is -2.07. The first kappa shape index (κ1) is 19.6. The molecule has 0 spiro atoms. The molecule has 0 unspecified atom stereocenters. The fraction of sp³-hybridized carbons (Fsp3) is 0.211. The number of carbonyl (C=O) groups excluding carboxylic acids is 2. The highest BCUT2D eigenvalue weighted by Crippen LogP contribution is 2.21. The van der Waals surface area contributed by atoms with Crippen molar-refractivity contribution in [1.82, 2.24) is 20.2 Å². The van der Waals surface area contributed by atoms with E-state index in [-0.39, 0.29) is 17.4 Å². The number of hydrogen-bond acceptors (Lipinski definition) is 7. The van der Waals surface area contributed by atoms with Crippen molar-refractivity contribution in [1.29, 1.82) is 0 Å². The van der Waals surface area contributed by atoms with Crippen LogP contribution in [0.2, 0.25) is 0 Å². The first-order valence-corrected chi connectivity index (χ1v) is 9.60. The van der Waals surface area contributed by atoms with Gasteiger partial charge in [-0.2, -0.15) is 4.68 Å². The van der Waals surface area contributed by atoms with E-state index >= 15 is 0 Å². The van der Waals surface area contributed by atoms with E-state index in [1.54, 1.807) is 28.9 Å². The van der Waals surface area contributed by atoms with Crippen molar-refractivity contribution >= 4 is 29.1 Å². The van der Waals surface area contributed by atoms with Gasteiger partial charge in [0.25, 0.3) is 0 Å². The zero-order chi connectivity index (χ0) is 19.9. The molecule has 28 heavy (non-hydrogen) atoms. The summed E-state index contributed by atoms with van der Waals surface area (Å²) in [5, 5.41) is 14.9. The summed E-state index contributed by atoms with van der Waals surface area (Å²) in [5.74, 6) is 0.749. The monoisotopic (exact) mass is 397 g/mol. The van der Waals surface area contributed by atoms with Gasteiger partial charge >= 0.3 is 0 Å². The van der Waals surface area contributed by atoms with Crippen LogP contribution in [0.25, 0.3) is 5.69 Å². The molecule has 3 rings (SSSR count). The topological polar surface area (TPSA) is 99.0 Å². The lowest BCUT2D eigenvalue weighted by molar-refractivity contribution is -0.114. The van der Waals surface area contributed by atoms with E-state index in [0.29, 0.717) is 23.0 Å². The molecule has 0 atom stereocenters. The minimum Gasteiger partial charge on any atom is -0.494 e. The van der Waals surface area contributed by atoms with Gasteiger partial charge in [0.15, 0.2) is 5.78 Å². The number of rotatable bonds is 8. The van der Waals surface area contributed by atoms with Gasteiger partial charge < -0.3 is 10.1 Å². The van der Waals surface area contributed by atoms with Crippen LogP contribution < -0.4 is 10.1 Å². The molecule has 0 aliphatic carbocycles. The smallest absolute Gasteiger partial charge is 0.221 e. The predicted molar refractivity (Wildman–Crippen MR) is 106 cm³/mol. The van der Waals surface area contributed by atoms with E-state index in [2.05, 4.69) is 20.8 Å². The van der Waals surface area contributed by atoms with E-state index in [9.17, 15) is 9.59 Å². The summed E-state index contributed by atoms with van der Waals surface area (Å²) in [7, 11) is 0. The number of nitrogens with zero attached hydrogens (tertiary/aromatic N) is 4. The van der Waals surface area contributed by atoms with Gasteiger partial charge in [-0.15, -0.1) is 5.10 Å². The minimum absolute atomic E-state index is 0.0550. The average molecular weight is 397 g/mol. The molecule has 3 aromatic rings. The number of ketones is 1. The number of hydrogen-bond donors (Lipinski definition) is 1. The summed E-state index contributed by atoms with van der Waals surface area (Å²) in [4.78, 5) is 23.5. The highest BCUT2D eigenvalue weighted by molar-refractivity contribution is 7.99. The maximum absolute atomic E-state index is 12.4. The van der Waals surface area contributed by atoms with Gasteiger partial charge in [-0.25, -0.2) is 0 Å². The second kappa shape index (κ2) is 9.14. The quantitative estimate of drug-likeness (QED) is 0.461. The molecule has 0 bridgehead atoms. The first-order valence-electron chi connectivity index (χ1n) is 8.62. The summed E-state index contributed by atoms with van der Waals surface area (Å²) in [6.45, 7) is 3.96. The molecule has 0 saturated heterocycles. The van der Waals surface area contributed by atoms with Crippen molar-refractivity contribution in [3.05, 3.63) is 54.1 Å². The third-order valence-corrected chi connectivity index (χ3v) is 4.61.